The van der Waals surface area contributed by atoms with Crippen molar-refractivity contribution in [2.24, 2.45) is 0 Å². The molecule has 18 heavy (non-hydrogen) atoms. The van der Waals surface area contributed by atoms with Gasteiger partial charge in [0, 0.05) is 0 Å². The van der Waals surface area contributed by atoms with Crippen LogP contribution in [0.1, 0.15) is 17.4 Å². The highest BCUT2D eigenvalue weighted by atomic mass is 16.6. The summed E-state index contributed by atoms with van der Waals surface area (Å²) in [6.07, 6.45) is 0.107. The first kappa shape index (κ1) is 11.8. The van der Waals surface area contributed by atoms with Crippen LogP contribution in [-0.2, 0) is 4.74 Å². The first-order valence-electron chi connectivity index (χ1n) is 4.93. The third kappa shape index (κ3) is 1.81. The molecule has 0 radical (unpaired) electrons. The van der Waals surface area contributed by atoms with Crippen molar-refractivity contribution in [1.29, 1.82) is 0 Å². The molecule has 2 rings (SSSR count). The average molecular weight is 252 g/mol. The van der Waals surface area contributed by atoms with Crippen LogP contribution in [0.5, 0.6) is 0 Å². The minimum absolute atomic E-state index is 0.0538. The van der Waals surface area contributed by atoms with Gasteiger partial charge < -0.3 is 9.84 Å². The molecule has 2 aromatic rings. The van der Waals surface area contributed by atoms with Crippen molar-refractivity contribution in [2.75, 3.05) is 6.61 Å². The summed E-state index contributed by atoms with van der Waals surface area (Å²) < 4.78 is 6.30. The molecule has 0 aliphatic heterocycles. The van der Waals surface area contributed by atoms with Gasteiger partial charge in [0.25, 0.3) is 5.56 Å². The van der Waals surface area contributed by atoms with E-state index < -0.39 is 23.3 Å². The van der Waals surface area contributed by atoms with E-state index in [1.165, 1.54) is 0 Å². The lowest BCUT2D eigenvalue weighted by Gasteiger charge is -2.04. The van der Waals surface area contributed by atoms with Crippen LogP contribution in [-0.4, -0.2) is 43.2 Å². The lowest BCUT2D eigenvalue weighted by atomic mass is 10.5. The Balaban J connectivity index is 2.68. The van der Waals surface area contributed by atoms with E-state index in [1.807, 2.05) is 0 Å². The molecular weight excluding hydrogens is 244 g/mol. The van der Waals surface area contributed by atoms with Gasteiger partial charge in [0.05, 0.1) is 18.9 Å². The minimum Gasteiger partial charge on any atom is -0.476 e. The number of aromatic carboxylic acids is 1. The summed E-state index contributed by atoms with van der Waals surface area (Å²) in [5.74, 6) is -1.32. The largest absolute Gasteiger partial charge is 0.476 e. The van der Waals surface area contributed by atoms with Crippen LogP contribution in [0.2, 0.25) is 0 Å². The van der Waals surface area contributed by atoms with Crippen molar-refractivity contribution in [3.63, 3.8) is 0 Å². The second-order valence-corrected chi connectivity index (χ2v) is 3.22. The van der Waals surface area contributed by atoms with E-state index in [4.69, 9.17) is 5.11 Å². The Kier molecular flexibility index (Phi) is 2.80. The number of carboxylic acids is 1. The highest BCUT2D eigenvalue weighted by Gasteiger charge is 2.16. The van der Waals surface area contributed by atoms with Crippen LogP contribution in [0.25, 0.3) is 5.65 Å². The standard InChI is InChI=1S/C9H8N4O5/c1-2-18-9(17)13-7(14)3-6-11-10-5(8(15)16)4-12(6)13/h3-4H,2H2,1H3,(H,15,16). The lowest BCUT2D eigenvalue weighted by molar-refractivity contribution is 0.0687. The fourth-order valence-electron chi connectivity index (χ4n) is 1.35. The summed E-state index contributed by atoms with van der Waals surface area (Å²) in [6.45, 7) is 1.67. The zero-order valence-electron chi connectivity index (χ0n) is 9.23. The first-order valence-corrected chi connectivity index (χ1v) is 4.93. The Morgan fingerprint density at radius 1 is 1.44 bits per heavy atom. The van der Waals surface area contributed by atoms with E-state index >= 15 is 0 Å². The van der Waals surface area contributed by atoms with E-state index in [0.29, 0.717) is 4.68 Å². The van der Waals surface area contributed by atoms with E-state index in [9.17, 15) is 14.4 Å². The fourth-order valence-corrected chi connectivity index (χ4v) is 1.35. The normalized spacial score (nSPS) is 10.5. The topological polar surface area (TPSA) is 116 Å². The van der Waals surface area contributed by atoms with Gasteiger partial charge in [-0.25, -0.2) is 14.1 Å². The quantitative estimate of drug-likeness (QED) is 0.772. The summed E-state index contributed by atoms with van der Waals surface area (Å²) in [7, 11) is 0. The number of carbonyl (C=O) groups excluding carboxylic acids is 1. The van der Waals surface area contributed by atoms with Crippen LogP contribution in [0, 0.1) is 0 Å². The molecule has 1 N–H and O–H groups in total. The number of nitrogens with zero attached hydrogens (tertiary/aromatic N) is 4. The molecule has 9 nitrogen and oxygen atoms in total. The zero-order chi connectivity index (χ0) is 13.3. The van der Waals surface area contributed by atoms with Gasteiger partial charge in [0.15, 0.2) is 11.3 Å². The van der Waals surface area contributed by atoms with E-state index in [-0.39, 0.29) is 12.3 Å². The predicted octanol–water partition coefficient (Wildman–Crippen LogP) is -0.406. The molecule has 0 aliphatic carbocycles. The van der Waals surface area contributed by atoms with E-state index in [2.05, 4.69) is 14.9 Å². The van der Waals surface area contributed by atoms with Gasteiger partial charge in [0.2, 0.25) is 0 Å². The van der Waals surface area contributed by atoms with Crippen LogP contribution in [0.4, 0.5) is 4.79 Å². The van der Waals surface area contributed by atoms with E-state index in [0.717, 1.165) is 16.8 Å². The maximum Gasteiger partial charge on any atom is 0.436 e. The van der Waals surface area contributed by atoms with Gasteiger partial charge in [-0.3, -0.25) is 4.79 Å². The Bertz CT molecular complexity index is 686. The average Bonchev–Trinajstić information content (AvgIpc) is 2.63. The summed E-state index contributed by atoms with van der Waals surface area (Å²) in [5, 5.41) is 15.7. The molecule has 0 aliphatic rings. The molecule has 0 unspecified atom stereocenters. The van der Waals surface area contributed by atoms with Crippen molar-refractivity contribution in [1.82, 2.24) is 19.4 Å². The molecule has 0 saturated heterocycles. The maximum atomic E-state index is 11.6. The van der Waals surface area contributed by atoms with Crippen molar-refractivity contribution >= 4 is 17.7 Å². The molecule has 2 aromatic heterocycles. The Labute approximate surface area is 99.2 Å². The van der Waals surface area contributed by atoms with Gasteiger partial charge >= 0.3 is 12.1 Å². The molecule has 94 valence electrons. The molecule has 0 fully saturated rings. The summed E-state index contributed by atoms with van der Waals surface area (Å²) in [4.78, 5) is 33.8. The molecular formula is C9H8N4O5. The summed E-state index contributed by atoms with van der Waals surface area (Å²) in [6, 6.07) is 1.05. The van der Waals surface area contributed by atoms with E-state index in [1.54, 1.807) is 6.92 Å². The van der Waals surface area contributed by atoms with Crippen LogP contribution >= 0.6 is 0 Å². The van der Waals surface area contributed by atoms with Crippen LogP contribution in [0.15, 0.2) is 17.1 Å². The number of aromatic nitrogens is 4. The smallest absolute Gasteiger partial charge is 0.436 e. The highest BCUT2D eigenvalue weighted by molar-refractivity contribution is 5.85. The summed E-state index contributed by atoms with van der Waals surface area (Å²) in [5.41, 5.74) is -1.01. The molecule has 0 atom stereocenters. The number of hydrogen-bond donors (Lipinski definition) is 1. The zero-order valence-corrected chi connectivity index (χ0v) is 9.23. The first-order chi connectivity index (χ1) is 8.54. The number of rotatable bonds is 2. The fraction of sp³-hybridized carbons (Fsp3) is 0.222. The number of carboxylic acid groups (broad SMARTS) is 1. The Hall–Kier alpha value is -2.71. The highest BCUT2D eigenvalue weighted by Crippen LogP contribution is 1.99. The minimum atomic E-state index is -1.32. The van der Waals surface area contributed by atoms with Gasteiger partial charge in [-0.1, -0.05) is 0 Å². The Morgan fingerprint density at radius 2 is 2.17 bits per heavy atom. The van der Waals surface area contributed by atoms with Crippen molar-refractivity contribution in [2.45, 2.75) is 6.92 Å². The number of ether oxygens (including phenoxy) is 1. The van der Waals surface area contributed by atoms with Crippen molar-refractivity contribution in [3.05, 3.63) is 28.3 Å². The lowest BCUT2D eigenvalue weighted by Crippen LogP contribution is -2.28. The number of carbonyl (C=O) groups is 2. The molecule has 2 heterocycles. The molecule has 9 heteroatoms. The van der Waals surface area contributed by atoms with Gasteiger partial charge in [-0.15, -0.1) is 14.9 Å². The molecule has 0 amide bonds. The molecule has 0 saturated carbocycles. The van der Waals surface area contributed by atoms with Crippen molar-refractivity contribution < 1.29 is 19.4 Å². The second-order valence-electron chi connectivity index (χ2n) is 3.22. The van der Waals surface area contributed by atoms with Crippen molar-refractivity contribution in [3.8, 4) is 0 Å². The predicted molar refractivity (Wildman–Crippen MR) is 56.6 cm³/mol. The maximum absolute atomic E-state index is 11.6. The van der Waals surface area contributed by atoms with Crippen LogP contribution in [0.3, 0.4) is 0 Å². The number of hydrogen-bond acceptors (Lipinski definition) is 6. The van der Waals surface area contributed by atoms with Crippen LogP contribution < -0.4 is 5.56 Å². The van der Waals surface area contributed by atoms with Gasteiger partial charge in [0.1, 0.15) is 0 Å². The van der Waals surface area contributed by atoms with Gasteiger partial charge in [-0.05, 0) is 6.92 Å². The molecule has 0 aromatic carbocycles. The number of fused-ring (bicyclic) bond motifs is 1. The van der Waals surface area contributed by atoms with Gasteiger partial charge in [-0.2, -0.15) is 0 Å². The molecule has 0 bridgehead atoms. The third-order valence-corrected chi connectivity index (χ3v) is 2.08. The third-order valence-electron chi connectivity index (χ3n) is 2.08. The Morgan fingerprint density at radius 3 is 2.78 bits per heavy atom. The second kappa shape index (κ2) is 4.28. The summed E-state index contributed by atoms with van der Waals surface area (Å²) >= 11 is 0. The monoisotopic (exact) mass is 252 g/mol. The SMILES string of the molecule is CCOC(=O)n1c(=O)cc2nnc(C(=O)O)cn21. The molecule has 0 spiro atoms.